The normalized spacial score (nSPS) is 11.1. The molecule has 0 aromatic heterocycles. The van der Waals surface area contributed by atoms with Crippen molar-refractivity contribution in [2.45, 2.75) is 6.54 Å². The summed E-state index contributed by atoms with van der Waals surface area (Å²) < 4.78 is 1.92. The van der Waals surface area contributed by atoms with E-state index in [9.17, 15) is 4.79 Å². The number of allylic oxidation sites excluding steroid dienone is 2. The molecule has 2 nitrogen and oxygen atoms in total. The zero-order valence-corrected chi connectivity index (χ0v) is 13.7. The Morgan fingerprint density at radius 2 is 1.71 bits per heavy atom. The summed E-state index contributed by atoms with van der Waals surface area (Å²) in [7, 11) is 0. The predicted octanol–water partition coefficient (Wildman–Crippen LogP) is 4.58. The van der Waals surface area contributed by atoms with Gasteiger partial charge in [0.05, 0.1) is 0 Å². The molecule has 0 bridgehead atoms. The zero-order valence-electron chi connectivity index (χ0n) is 11.5. The highest BCUT2D eigenvalue weighted by Gasteiger charge is 2.08. The van der Waals surface area contributed by atoms with Crippen molar-refractivity contribution in [3.63, 3.8) is 0 Å². The van der Waals surface area contributed by atoms with Crippen LogP contribution in [0.2, 0.25) is 0 Å². The van der Waals surface area contributed by atoms with Crippen LogP contribution in [0.3, 0.4) is 0 Å². The van der Waals surface area contributed by atoms with Gasteiger partial charge in [0.2, 0.25) is 0 Å². The first-order chi connectivity index (χ1) is 10.3. The van der Waals surface area contributed by atoms with Gasteiger partial charge in [-0.25, -0.2) is 0 Å². The van der Waals surface area contributed by atoms with Gasteiger partial charge in [0.25, 0.3) is 5.91 Å². The SMILES string of the molecule is O=C(NCc1ccccc1)c1ccccc1/C=C\C=C\I. The summed E-state index contributed by atoms with van der Waals surface area (Å²) in [4.78, 5) is 12.3. The van der Waals surface area contributed by atoms with Gasteiger partial charge in [0, 0.05) is 12.1 Å². The van der Waals surface area contributed by atoms with E-state index in [0.29, 0.717) is 12.1 Å². The predicted molar refractivity (Wildman–Crippen MR) is 96.2 cm³/mol. The van der Waals surface area contributed by atoms with Crippen molar-refractivity contribution in [2.75, 3.05) is 0 Å². The molecular weight excluding hydrogens is 373 g/mol. The molecule has 0 saturated carbocycles. The molecule has 0 fully saturated rings. The fourth-order valence-corrected chi connectivity index (χ4v) is 2.16. The molecule has 0 spiro atoms. The van der Waals surface area contributed by atoms with Gasteiger partial charge in [-0.2, -0.15) is 0 Å². The molecule has 0 aliphatic heterocycles. The Balaban J connectivity index is 2.08. The average Bonchev–Trinajstić information content (AvgIpc) is 2.54. The molecule has 2 aromatic rings. The Kier molecular flexibility index (Phi) is 6.22. The molecule has 0 saturated heterocycles. The molecule has 2 rings (SSSR count). The minimum absolute atomic E-state index is 0.0578. The number of carbonyl (C=O) groups is 1. The lowest BCUT2D eigenvalue weighted by Gasteiger charge is -2.08. The molecular formula is C18H16INO. The topological polar surface area (TPSA) is 29.1 Å². The minimum Gasteiger partial charge on any atom is -0.348 e. The quantitative estimate of drug-likeness (QED) is 0.589. The smallest absolute Gasteiger partial charge is 0.252 e. The van der Waals surface area contributed by atoms with Crippen molar-refractivity contribution in [3.8, 4) is 0 Å². The molecule has 0 heterocycles. The van der Waals surface area contributed by atoms with Gasteiger partial charge in [-0.15, -0.1) is 0 Å². The van der Waals surface area contributed by atoms with E-state index in [-0.39, 0.29) is 5.91 Å². The van der Waals surface area contributed by atoms with Crippen LogP contribution in [0.15, 0.2) is 70.8 Å². The van der Waals surface area contributed by atoms with E-state index in [1.807, 2.05) is 76.9 Å². The molecule has 2 aromatic carbocycles. The number of carbonyl (C=O) groups excluding carboxylic acids is 1. The van der Waals surface area contributed by atoms with Crippen molar-refractivity contribution in [1.82, 2.24) is 5.32 Å². The lowest BCUT2D eigenvalue weighted by atomic mass is 10.1. The first-order valence-corrected chi connectivity index (χ1v) is 7.90. The van der Waals surface area contributed by atoms with Crippen LogP contribution in [0.25, 0.3) is 6.08 Å². The Bertz CT molecular complexity index is 647. The second-order valence-electron chi connectivity index (χ2n) is 4.43. The molecule has 0 atom stereocenters. The molecule has 1 N–H and O–H groups in total. The number of nitrogens with one attached hydrogen (secondary N) is 1. The molecule has 0 aliphatic rings. The van der Waals surface area contributed by atoms with Crippen LogP contribution in [0.1, 0.15) is 21.5 Å². The van der Waals surface area contributed by atoms with Crippen LogP contribution >= 0.6 is 22.6 Å². The van der Waals surface area contributed by atoms with E-state index in [2.05, 4.69) is 27.9 Å². The summed E-state index contributed by atoms with van der Waals surface area (Å²) in [5.41, 5.74) is 2.69. The number of benzene rings is 2. The van der Waals surface area contributed by atoms with E-state index < -0.39 is 0 Å². The van der Waals surface area contributed by atoms with Crippen molar-refractivity contribution in [2.24, 2.45) is 0 Å². The summed E-state index contributed by atoms with van der Waals surface area (Å²) in [5, 5.41) is 2.95. The third-order valence-electron chi connectivity index (χ3n) is 2.96. The van der Waals surface area contributed by atoms with E-state index in [1.54, 1.807) is 0 Å². The number of hydrogen-bond acceptors (Lipinski definition) is 1. The standard InChI is InChI=1S/C18H16INO/c19-13-7-6-11-16-10-4-5-12-17(16)18(21)20-14-15-8-2-1-3-9-15/h1-13H,14H2,(H,20,21)/b11-6-,13-7+. The molecule has 3 heteroatoms. The summed E-state index contributed by atoms with van der Waals surface area (Å²) in [6.07, 6.45) is 5.79. The lowest BCUT2D eigenvalue weighted by molar-refractivity contribution is 0.0950. The van der Waals surface area contributed by atoms with Crippen LogP contribution in [-0.4, -0.2) is 5.91 Å². The van der Waals surface area contributed by atoms with Crippen LogP contribution in [0, 0.1) is 0 Å². The van der Waals surface area contributed by atoms with Crippen molar-refractivity contribution in [1.29, 1.82) is 0 Å². The third-order valence-corrected chi connectivity index (χ3v) is 3.38. The van der Waals surface area contributed by atoms with Gasteiger partial charge >= 0.3 is 0 Å². The first-order valence-electron chi connectivity index (χ1n) is 6.66. The van der Waals surface area contributed by atoms with E-state index in [4.69, 9.17) is 0 Å². The van der Waals surface area contributed by atoms with Crippen LogP contribution < -0.4 is 5.32 Å². The van der Waals surface area contributed by atoms with Crippen LogP contribution in [0.5, 0.6) is 0 Å². The third kappa shape index (κ3) is 4.86. The summed E-state index contributed by atoms with van der Waals surface area (Å²) in [5.74, 6) is -0.0578. The fraction of sp³-hybridized carbons (Fsp3) is 0.0556. The lowest BCUT2D eigenvalue weighted by Crippen LogP contribution is -2.23. The Labute approximate surface area is 138 Å². The second kappa shape index (κ2) is 8.42. The molecule has 106 valence electrons. The average molecular weight is 389 g/mol. The van der Waals surface area contributed by atoms with Gasteiger partial charge < -0.3 is 5.32 Å². The Morgan fingerprint density at radius 3 is 2.48 bits per heavy atom. The van der Waals surface area contributed by atoms with E-state index in [1.165, 1.54) is 0 Å². The number of rotatable bonds is 5. The molecule has 1 amide bonds. The fourth-order valence-electron chi connectivity index (χ4n) is 1.92. The number of amides is 1. The highest BCUT2D eigenvalue weighted by Crippen LogP contribution is 2.11. The van der Waals surface area contributed by atoms with E-state index in [0.717, 1.165) is 11.1 Å². The Morgan fingerprint density at radius 1 is 1.00 bits per heavy atom. The summed E-state index contributed by atoms with van der Waals surface area (Å²) in [6, 6.07) is 17.5. The van der Waals surface area contributed by atoms with Gasteiger partial charge in [0.1, 0.15) is 0 Å². The highest BCUT2D eigenvalue weighted by molar-refractivity contribution is 14.1. The van der Waals surface area contributed by atoms with Crippen molar-refractivity contribution >= 4 is 34.6 Å². The summed E-state index contributed by atoms with van der Waals surface area (Å²) in [6.45, 7) is 0.533. The van der Waals surface area contributed by atoms with Crippen molar-refractivity contribution in [3.05, 3.63) is 87.5 Å². The molecule has 21 heavy (non-hydrogen) atoms. The molecule has 0 unspecified atom stereocenters. The minimum atomic E-state index is -0.0578. The first kappa shape index (κ1) is 15.5. The van der Waals surface area contributed by atoms with Crippen molar-refractivity contribution < 1.29 is 4.79 Å². The monoisotopic (exact) mass is 389 g/mol. The largest absolute Gasteiger partial charge is 0.348 e. The second-order valence-corrected chi connectivity index (χ2v) is 5.15. The number of halogens is 1. The van der Waals surface area contributed by atoms with Crippen LogP contribution in [-0.2, 0) is 6.54 Å². The van der Waals surface area contributed by atoms with Gasteiger partial charge in [-0.05, 0) is 21.3 Å². The highest BCUT2D eigenvalue weighted by atomic mass is 127. The van der Waals surface area contributed by atoms with E-state index >= 15 is 0 Å². The van der Waals surface area contributed by atoms with Gasteiger partial charge in [-0.1, -0.05) is 89.3 Å². The number of hydrogen-bond donors (Lipinski definition) is 1. The Hall–Kier alpha value is -1.88. The maximum absolute atomic E-state index is 12.3. The molecule has 0 radical (unpaired) electrons. The maximum atomic E-state index is 12.3. The van der Waals surface area contributed by atoms with Crippen LogP contribution in [0.4, 0.5) is 0 Å². The molecule has 0 aliphatic carbocycles. The maximum Gasteiger partial charge on any atom is 0.252 e. The summed E-state index contributed by atoms with van der Waals surface area (Å²) >= 11 is 2.16. The zero-order chi connectivity index (χ0) is 14.9. The van der Waals surface area contributed by atoms with Gasteiger partial charge in [0.15, 0.2) is 0 Å². The van der Waals surface area contributed by atoms with Gasteiger partial charge in [-0.3, -0.25) is 4.79 Å².